The highest BCUT2D eigenvalue weighted by Crippen LogP contribution is 2.24. The van der Waals surface area contributed by atoms with Crippen LogP contribution in [0.5, 0.6) is 0 Å². The van der Waals surface area contributed by atoms with Crippen molar-refractivity contribution in [2.75, 3.05) is 6.54 Å². The molecule has 1 aliphatic rings. The Balaban J connectivity index is 2.17. The summed E-state index contributed by atoms with van der Waals surface area (Å²) in [4.78, 5) is 24.2. The van der Waals surface area contributed by atoms with Crippen molar-refractivity contribution in [2.45, 2.75) is 49.5 Å². The SMILES string of the molecule is C=CCNS(=O)(=O)c1cccc(C(=O)NC2CCCCCCC2C(=O)O)c1. The Morgan fingerprint density at radius 1 is 1.19 bits per heavy atom. The van der Waals surface area contributed by atoms with Crippen molar-refractivity contribution >= 4 is 21.9 Å². The molecule has 1 saturated carbocycles. The van der Waals surface area contributed by atoms with Crippen LogP contribution in [0.25, 0.3) is 0 Å². The number of rotatable bonds is 7. The van der Waals surface area contributed by atoms with E-state index in [1.54, 1.807) is 0 Å². The van der Waals surface area contributed by atoms with Crippen molar-refractivity contribution in [2.24, 2.45) is 5.92 Å². The molecule has 8 heteroatoms. The lowest BCUT2D eigenvalue weighted by molar-refractivity contribution is -0.143. The molecule has 0 spiro atoms. The van der Waals surface area contributed by atoms with Gasteiger partial charge in [-0.15, -0.1) is 6.58 Å². The lowest BCUT2D eigenvalue weighted by Crippen LogP contribution is -2.44. The van der Waals surface area contributed by atoms with Crippen LogP contribution in [0.4, 0.5) is 0 Å². The van der Waals surface area contributed by atoms with Crippen LogP contribution in [-0.2, 0) is 14.8 Å². The molecule has 148 valence electrons. The first-order chi connectivity index (χ1) is 12.8. The van der Waals surface area contributed by atoms with E-state index in [4.69, 9.17) is 0 Å². The number of nitrogens with one attached hydrogen (secondary N) is 2. The number of amides is 1. The molecule has 1 aliphatic carbocycles. The summed E-state index contributed by atoms with van der Waals surface area (Å²) in [5.41, 5.74) is 0.183. The maximum Gasteiger partial charge on any atom is 0.308 e. The zero-order chi connectivity index (χ0) is 19.9. The van der Waals surface area contributed by atoms with Gasteiger partial charge < -0.3 is 10.4 Å². The average molecular weight is 394 g/mol. The first-order valence-corrected chi connectivity index (χ1v) is 10.6. The largest absolute Gasteiger partial charge is 0.481 e. The van der Waals surface area contributed by atoms with Crippen molar-refractivity contribution in [3.05, 3.63) is 42.5 Å². The Hall–Kier alpha value is -2.19. The summed E-state index contributed by atoms with van der Waals surface area (Å²) in [5, 5.41) is 12.3. The minimum atomic E-state index is -3.74. The van der Waals surface area contributed by atoms with E-state index >= 15 is 0 Å². The van der Waals surface area contributed by atoms with E-state index < -0.39 is 33.9 Å². The standard InChI is InChI=1S/C19H26N2O5S/c1-2-12-20-27(25,26)15-9-7-8-14(13-15)18(22)21-17-11-6-4-3-5-10-16(17)19(23)24/h2,7-9,13,16-17,20H,1,3-6,10-12H2,(H,21,22)(H,23,24). The molecule has 2 rings (SSSR count). The highest BCUT2D eigenvalue weighted by Gasteiger charge is 2.30. The van der Waals surface area contributed by atoms with E-state index in [1.165, 1.54) is 30.3 Å². The summed E-state index contributed by atoms with van der Waals surface area (Å²) in [7, 11) is -3.74. The third-order valence-electron chi connectivity index (χ3n) is 4.72. The minimum absolute atomic E-state index is 0.0237. The number of aliphatic carboxylic acids is 1. The van der Waals surface area contributed by atoms with Crippen molar-refractivity contribution in [1.82, 2.24) is 10.0 Å². The minimum Gasteiger partial charge on any atom is -0.481 e. The van der Waals surface area contributed by atoms with Crippen molar-refractivity contribution < 1.29 is 23.1 Å². The summed E-state index contributed by atoms with van der Waals surface area (Å²) < 4.78 is 26.8. The maximum atomic E-state index is 12.6. The van der Waals surface area contributed by atoms with Crippen LogP contribution >= 0.6 is 0 Å². The summed E-state index contributed by atoms with van der Waals surface area (Å²) >= 11 is 0. The van der Waals surface area contributed by atoms with Gasteiger partial charge in [-0.05, 0) is 31.0 Å². The lowest BCUT2D eigenvalue weighted by Gasteiger charge is -2.27. The van der Waals surface area contributed by atoms with Crippen LogP contribution in [0.3, 0.4) is 0 Å². The zero-order valence-corrected chi connectivity index (χ0v) is 16.0. The number of carbonyl (C=O) groups is 2. The number of hydrogen-bond donors (Lipinski definition) is 3. The Morgan fingerprint density at radius 2 is 1.89 bits per heavy atom. The van der Waals surface area contributed by atoms with Gasteiger partial charge in [0, 0.05) is 18.2 Å². The van der Waals surface area contributed by atoms with Crippen molar-refractivity contribution in [1.29, 1.82) is 0 Å². The van der Waals surface area contributed by atoms with E-state index in [1.807, 2.05) is 0 Å². The first-order valence-electron chi connectivity index (χ1n) is 9.09. The molecular formula is C19H26N2O5S. The van der Waals surface area contributed by atoms with Crippen LogP contribution in [0, 0.1) is 5.92 Å². The molecule has 0 heterocycles. The van der Waals surface area contributed by atoms with Gasteiger partial charge in [-0.2, -0.15) is 0 Å². The molecule has 2 unspecified atom stereocenters. The Kier molecular flexibility index (Phi) is 7.55. The molecule has 2 atom stereocenters. The van der Waals surface area contributed by atoms with Gasteiger partial charge in [0.1, 0.15) is 0 Å². The van der Waals surface area contributed by atoms with Crippen molar-refractivity contribution in [3.8, 4) is 0 Å². The second-order valence-electron chi connectivity index (χ2n) is 6.68. The van der Waals surface area contributed by atoms with Gasteiger partial charge in [-0.25, -0.2) is 13.1 Å². The number of carboxylic acid groups (broad SMARTS) is 1. The van der Waals surface area contributed by atoms with E-state index in [9.17, 15) is 23.1 Å². The summed E-state index contributed by atoms with van der Waals surface area (Å²) in [6.45, 7) is 3.55. The number of sulfonamides is 1. The van der Waals surface area contributed by atoms with Crippen molar-refractivity contribution in [3.63, 3.8) is 0 Å². The van der Waals surface area contributed by atoms with Crippen LogP contribution < -0.4 is 10.0 Å². The fraction of sp³-hybridized carbons (Fsp3) is 0.474. The molecule has 27 heavy (non-hydrogen) atoms. The first kappa shape index (κ1) is 21.1. The summed E-state index contributed by atoms with van der Waals surface area (Å²) in [6, 6.07) is 5.23. The van der Waals surface area contributed by atoms with Gasteiger partial charge in [-0.3, -0.25) is 9.59 Å². The van der Waals surface area contributed by atoms with Gasteiger partial charge in [0.15, 0.2) is 0 Å². The lowest BCUT2D eigenvalue weighted by atomic mass is 9.86. The number of carboxylic acids is 1. The number of benzene rings is 1. The van der Waals surface area contributed by atoms with Gasteiger partial charge in [-0.1, -0.05) is 37.8 Å². The van der Waals surface area contributed by atoms with Crippen LogP contribution in [0.2, 0.25) is 0 Å². The number of carbonyl (C=O) groups excluding carboxylic acids is 1. The quantitative estimate of drug-likeness (QED) is 0.614. The molecule has 1 aromatic rings. The van der Waals surface area contributed by atoms with Gasteiger partial charge in [0.05, 0.1) is 10.8 Å². The van der Waals surface area contributed by atoms with E-state index in [0.717, 1.165) is 25.7 Å². The molecule has 0 aromatic heterocycles. The highest BCUT2D eigenvalue weighted by molar-refractivity contribution is 7.89. The fourth-order valence-electron chi connectivity index (χ4n) is 3.26. The zero-order valence-electron chi connectivity index (χ0n) is 15.2. The van der Waals surface area contributed by atoms with Crippen LogP contribution in [-0.4, -0.2) is 38.0 Å². The van der Waals surface area contributed by atoms with E-state index in [2.05, 4.69) is 16.6 Å². The Bertz CT molecular complexity index is 791. The summed E-state index contributed by atoms with van der Waals surface area (Å²) in [5.74, 6) is -2.00. The molecule has 3 N–H and O–H groups in total. The molecule has 0 bridgehead atoms. The predicted octanol–water partition coefficient (Wildman–Crippen LogP) is 2.30. The normalized spacial score (nSPS) is 20.9. The van der Waals surface area contributed by atoms with Crippen LogP contribution in [0.15, 0.2) is 41.8 Å². The Labute approximate surface area is 159 Å². The Morgan fingerprint density at radius 3 is 2.56 bits per heavy atom. The molecule has 0 saturated heterocycles. The van der Waals surface area contributed by atoms with Gasteiger partial charge >= 0.3 is 5.97 Å². The molecule has 0 aliphatic heterocycles. The smallest absolute Gasteiger partial charge is 0.308 e. The topological polar surface area (TPSA) is 113 Å². The second-order valence-corrected chi connectivity index (χ2v) is 8.45. The predicted molar refractivity (Wildman–Crippen MR) is 102 cm³/mol. The monoisotopic (exact) mass is 394 g/mol. The second kappa shape index (κ2) is 9.66. The summed E-state index contributed by atoms with van der Waals surface area (Å²) in [6.07, 6.45) is 6.25. The van der Waals surface area contributed by atoms with Gasteiger partial charge in [0.2, 0.25) is 10.0 Å². The molecule has 0 radical (unpaired) electrons. The molecule has 1 aromatic carbocycles. The number of hydrogen-bond acceptors (Lipinski definition) is 4. The third kappa shape index (κ3) is 5.90. The molecule has 7 nitrogen and oxygen atoms in total. The van der Waals surface area contributed by atoms with E-state index in [0.29, 0.717) is 12.8 Å². The molecular weight excluding hydrogens is 368 g/mol. The van der Waals surface area contributed by atoms with Gasteiger partial charge in [0.25, 0.3) is 5.91 Å². The maximum absolute atomic E-state index is 12.6. The molecule has 1 amide bonds. The third-order valence-corrected chi connectivity index (χ3v) is 6.15. The van der Waals surface area contributed by atoms with Crippen LogP contribution in [0.1, 0.15) is 48.9 Å². The fourth-order valence-corrected chi connectivity index (χ4v) is 4.30. The highest BCUT2D eigenvalue weighted by atomic mass is 32.2. The average Bonchev–Trinajstić information content (AvgIpc) is 2.62. The van der Waals surface area contributed by atoms with E-state index in [-0.39, 0.29) is 17.0 Å². The molecule has 1 fully saturated rings.